The second-order valence-corrected chi connectivity index (χ2v) is 10.2. The number of hydrogen-bond acceptors (Lipinski definition) is 5. The largest absolute Gasteiger partial charge is 0.492 e. The zero-order valence-corrected chi connectivity index (χ0v) is 19.3. The molecule has 0 radical (unpaired) electrons. The summed E-state index contributed by atoms with van der Waals surface area (Å²) in [6, 6.07) is 12.5. The molecule has 0 saturated heterocycles. The summed E-state index contributed by atoms with van der Waals surface area (Å²) in [7, 11) is -0.764. The number of hydrogen-bond donors (Lipinski definition) is 2. The van der Waals surface area contributed by atoms with Crippen LogP contribution in [0, 0.1) is 0 Å². The van der Waals surface area contributed by atoms with Crippen molar-refractivity contribution in [3.05, 3.63) is 48.0 Å². The van der Waals surface area contributed by atoms with Crippen LogP contribution >= 0.6 is 0 Å². The summed E-state index contributed by atoms with van der Waals surface area (Å²) >= 11 is 0. The molecular formula is C22H31N3O4S. The third kappa shape index (κ3) is 5.96. The molecule has 30 heavy (non-hydrogen) atoms. The number of anilines is 2. The molecule has 0 bridgehead atoms. The van der Waals surface area contributed by atoms with E-state index in [1.165, 1.54) is 25.7 Å². The molecular weight excluding hydrogens is 402 g/mol. The van der Waals surface area contributed by atoms with E-state index in [4.69, 9.17) is 4.74 Å². The van der Waals surface area contributed by atoms with E-state index in [2.05, 4.69) is 31.4 Å². The topological polar surface area (TPSA) is 87.7 Å². The maximum Gasteiger partial charge on any atom is 0.246 e. The van der Waals surface area contributed by atoms with Gasteiger partial charge in [-0.2, -0.15) is 0 Å². The summed E-state index contributed by atoms with van der Waals surface area (Å²) in [6.07, 6.45) is 0. The van der Waals surface area contributed by atoms with Crippen molar-refractivity contribution in [1.29, 1.82) is 0 Å². The SMILES string of the molecule is CCOc1ccc(NCC(=O)Nc2ccc(C(C)(C)C)cc2)cc1S(=O)(=O)N(C)C. The number of nitrogens with one attached hydrogen (secondary N) is 2. The lowest BCUT2D eigenvalue weighted by atomic mass is 9.87. The van der Waals surface area contributed by atoms with Gasteiger partial charge in [0.05, 0.1) is 13.2 Å². The second kappa shape index (κ2) is 9.49. The maximum atomic E-state index is 12.6. The maximum absolute atomic E-state index is 12.6. The van der Waals surface area contributed by atoms with Crippen LogP contribution in [0.5, 0.6) is 5.75 Å². The Bertz CT molecular complexity index is 978. The average molecular weight is 434 g/mol. The standard InChI is InChI=1S/C22H31N3O4S/c1-7-29-19-13-12-18(14-20(19)30(27,28)25(5)6)23-15-21(26)24-17-10-8-16(9-11-17)22(2,3)4/h8-14,23H,7,15H2,1-6H3,(H,24,26). The van der Waals surface area contributed by atoms with E-state index >= 15 is 0 Å². The lowest BCUT2D eigenvalue weighted by molar-refractivity contribution is -0.114. The summed E-state index contributed by atoms with van der Waals surface area (Å²) in [4.78, 5) is 12.4. The zero-order valence-electron chi connectivity index (χ0n) is 18.4. The van der Waals surface area contributed by atoms with Crippen molar-refractivity contribution < 1.29 is 17.9 Å². The number of rotatable bonds is 8. The molecule has 2 aromatic rings. The lowest BCUT2D eigenvalue weighted by Crippen LogP contribution is -2.24. The number of carbonyl (C=O) groups is 1. The molecule has 0 aliphatic rings. The zero-order chi connectivity index (χ0) is 22.5. The molecule has 8 heteroatoms. The summed E-state index contributed by atoms with van der Waals surface area (Å²) < 4.78 is 31.8. The Kier molecular flexibility index (Phi) is 7.49. The quantitative estimate of drug-likeness (QED) is 0.663. The molecule has 0 spiro atoms. The first-order valence-corrected chi connectivity index (χ1v) is 11.2. The minimum Gasteiger partial charge on any atom is -0.492 e. The summed E-state index contributed by atoms with van der Waals surface area (Å²) in [6.45, 7) is 8.52. The van der Waals surface area contributed by atoms with Gasteiger partial charge in [0.2, 0.25) is 15.9 Å². The molecule has 164 valence electrons. The van der Waals surface area contributed by atoms with Crippen LogP contribution in [0.25, 0.3) is 0 Å². The van der Waals surface area contributed by atoms with E-state index < -0.39 is 10.0 Å². The molecule has 0 aliphatic carbocycles. The molecule has 0 atom stereocenters. The highest BCUT2D eigenvalue weighted by molar-refractivity contribution is 7.89. The molecule has 0 aromatic heterocycles. The Morgan fingerprint density at radius 3 is 2.17 bits per heavy atom. The molecule has 2 N–H and O–H groups in total. The van der Waals surface area contributed by atoms with E-state index in [1.54, 1.807) is 19.1 Å². The Morgan fingerprint density at radius 2 is 1.63 bits per heavy atom. The Balaban J connectivity index is 2.09. The van der Waals surface area contributed by atoms with Crippen molar-refractivity contribution in [2.75, 3.05) is 37.9 Å². The average Bonchev–Trinajstić information content (AvgIpc) is 2.67. The van der Waals surface area contributed by atoms with Crippen molar-refractivity contribution in [2.45, 2.75) is 38.0 Å². The number of nitrogens with zero attached hydrogens (tertiary/aromatic N) is 1. The molecule has 0 fully saturated rings. The highest BCUT2D eigenvalue weighted by Gasteiger charge is 2.23. The van der Waals surface area contributed by atoms with Gasteiger partial charge in [-0.15, -0.1) is 0 Å². The fourth-order valence-electron chi connectivity index (χ4n) is 2.73. The van der Waals surface area contributed by atoms with Gasteiger partial charge in [0.1, 0.15) is 10.6 Å². The second-order valence-electron chi connectivity index (χ2n) is 8.11. The van der Waals surface area contributed by atoms with Crippen molar-refractivity contribution >= 4 is 27.3 Å². The van der Waals surface area contributed by atoms with Gasteiger partial charge in [0.25, 0.3) is 0 Å². The molecule has 0 unspecified atom stereocenters. The molecule has 7 nitrogen and oxygen atoms in total. The molecule has 0 saturated carbocycles. The number of carbonyl (C=O) groups excluding carboxylic acids is 1. The molecule has 0 aliphatic heterocycles. The molecule has 1 amide bonds. The van der Waals surface area contributed by atoms with Crippen LogP contribution in [-0.2, 0) is 20.2 Å². The first-order chi connectivity index (χ1) is 13.9. The van der Waals surface area contributed by atoms with E-state index in [9.17, 15) is 13.2 Å². The predicted octanol–water partition coefficient (Wildman–Crippen LogP) is 3.68. The van der Waals surface area contributed by atoms with Gasteiger partial charge >= 0.3 is 0 Å². The highest BCUT2D eigenvalue weighted by atomic mass is 32.2. The van der Waals surface area contributed by atoms with E-state index in [0.29, 0.717) is 18.0 Å². The van der Waals surface area contributed by atoms with Gasteiger partial charge in [0.15, 0.2) is 0 Å². The lowest BCUT2D eigenvalue weighted by Gasteiger charge is -2.19. The summed E-state index contributed by atoms with van der Waals surface area (Å²) in [5, 5.41) is 5.80. The number of sulfonamides is 1. The van der Waals surface area contributed by atoms with Crippen LogP contribution in [0.2, 0.25) is 0 Å². The van der Waals surface area contributed by atoms with E-state index in [0.717, 1.165) is 4.31 Å². The summed E-state index contributed by atoms with van der Waals surface area (Å²) in [5.41, 5.74) is 2.44. The van der Waals surface area contributed by atoms with Crippen LogP contribution in [0.15, 0.2) is 47.4 Å². The van der Waals surface area contributed by atoms with E-state index in [-0.39, 0.29) is 28.5 Å². The van der Waals surface area contributed by atoms with Crippen LogP contribution in [0.1, 0.15) is 33.3 Å². The normalized spacial score (nSPS) is 12.0. The molecule has 2 rings (SSSR count). The number of amides is 1. The van der Waals surface area contributed by atoms with Crippen molar-refractivity contribution in [3.8, 4) is 5.75 Å². The third-order valence-electron chi connectivity index (χ3n) is 4.49. The minimum absolute atomic E-state index is 0.00352. The van der Waals surface area contributed by atoms with Crippen LogP contribution < -0.4 is 15.4 Å². The monoisotopic (exact) mass is 433 g/mol. The Morgan fingerprint density at radius 1 is 1.03 bits per heavy atom. The van der Waals surface area contributed by atoms with Crippen molar-refractivity contribution in [3.63, 3.8) is 0 Å². The fourth-order valence-corrected chi connectivity index (χ4v) is 3.78. The van der Waals surface area contributed by atoms with Crippen LogP contribution in [-0.4, -0.2) is 45.9 Å². The van der Waals surface area contributed by atoms with Gasteiger partial charge in [-0.25, -0.2) is 12.7 Å². The van der Waals surface area contributed by atoms with Gasteiger partial charge in [-0.3, -0.25) is 4.79 Å². The summed E-state index contributed by atoms with van der Waals surface area (Å²) in [5.74, 6) is 0.0459. The third-order valence-corrected chi connectivity index (χ3v) is 6.33. The first kappa shape index (κ1) is 23.7. The number of benzene rings is 2. The first-order valence-electron chi connectivity index (χ1n) is 9.78. The van der Waals surface area contributed by atoms with Crippen LogP contribution in [0.3, 0.4) is 0 Å². The van der Waals surface area contributed by atoms with Gasteiger partial charge in [-0.1, -0.05) is 32.9 Å². The minimum atomic E-state index is -3.69. The predicted molar refractivity (Wildman–Crippen MR) is 121 cm³/mol. The van der Waals surface area contributed by atoms with Gasteiger partial charge < -0.3 is 15.4 Å². The fraction of sp³-hybridized carbons (Fsp3) is 0.409. The Labute approximate surface area is 179 Å². The molecule has 2 aromatic carbocycles. The van der Waals surface area contributed by atoms with E-state index in [1.807, 2.05) is 24.3 Å². The van der Waals surface area contributed by atoms with Gasteiger partial charge in [0, 0.05) is 25.5 Å². The van der Waals surface area contributed by atoms with Gasteiger partial charge in [-0.05, 0) is 48.2 Å². The van der Waals surface area contributed by atoms with Crippen molar-refractivity contribution in [1.82, 2.24) is 4.31 Å². The molecule has 0 heterocycles. The number of ether oxygens (including phenoxy) is 1. The Hall–Kier alpha value is -2.58. The van der Waals surface area contributed by atoms with Crippen LogP contribution in [0.4, 0.5) is 11.4 Å². The van der Waals surface area contributed by atoms with Crippen molar-refractivity contribution in [2.24, 2.45) is 0 Å². The highest BCUT2D eigenvalue weighted by Crippen LogP contribution is 2.29. The smallest absolute Gasteiger partial charge is 0.246 e.